The molecule has 0 radical (unpaired) electrons. The summed E-state index contributed by atoms with van der Waals surface area (Å²) in [5.74, 6) is 0.671. The molecule has 2 N–H and O–H groups in total. The molecule has 0 fully saturated rings. The van der Waals surface area contributed by atoms with Crippen LogP contribution in [0.1, 0.15) is 76.1 Å². The molecule has 34 heavy (non-hydrogen) atoms. The first-order valence-electron chi connectivity index (χ1n) is 12.7. The molecule has 0 bridgehead atoms. The Morgan fingerprint density at radius 1 is 0.824 bits per heavy atom. The van der Waals surface area contributed by atoms with Crippen molar-refractivity contribution in [3.8, 4) is 5.75 Å². The fraction of sp³-hybridized carbons (Fsp3) is 0.500. The maximum atomic E-state index is 12.8. The number of nitrogens with one attached hydrogen (secondary N) is 2. The Morgan fingerprint density at radius 2 is 1.53 bits per heavy atom. The fourth-order valence-electron chi connectivity index (χ4n) is 3.72. The van der Waals surface area contributed by atoms with Gasteiger partial charge in [0.05, 0.1) is 13.2 Å². The van der Waals surface area contributed by atoms with Gasteiger partial charge < -0.3 is 20.3 Å². The third kappa shape index (κ3) is 9.86. The molecule has 2 amide bonds. The number of hydrogen-bond donors (Lipinski definition) is 2. The SMILES string of the molecule is CCCCCCCOc1ccc(NCC(=O)Nc2cccc(C(=O)N(CCC)CCC)c2)cc1. The number of rotatable bonds is 16. The standard InChI is InChI=1S/C28H41N3O3/c1-4-7-8-9-10-20-34-26-16-14-24(15-17-26)29-22-27(32)30-25-13-11-12-23(21-25)28(33)31(18-5-2)19-6-3/h11-17,21,29H,4-10,18-20,22H2,1-3H3,(H,30,32). The summed E-state index contributed by atoms with van der Waals surface area (Å²) in [5.41, 5.74) is 2.06. The zero-order chi connectivity index (χ0) is 24.6. The van der Waals surface area contributed by atoms with Crippen LogP contribution in [-0.4, -0.2) is 43.0 Å². The second kappa shape index (κ2) is 15.8. The Kier molecular flexibility index (Phi) is 12.6. The minimum absolute atomic E-state index is 0.00110. The van der Waals surface area contributed by atoms with E-state index >= 15 is 0 Å². The van der Waals surface area contributed by atoms with Crippen molar-refractivity contribution in [3.05, 3.63) is 54.1 Å². The third-order valence-corrected chi connectivity index (χ3v) is 5.49. The van der Waals surface area contributed by atoms with Crippen LogP contribution < -0.4 is 15.4 Å². The van der Waals surface area contributed by atoms with Crippen LogP contribution in [0.25, 0.3) is 0 Å². The molecule has 2 rings (SSSR count). The van der Waals surface area contributed by atoms with Crippen molar-refractivity contribution >= 4 is 23.2 Å². The molecule has 0 aliphatic heterocycles. The summed E-state index contributed by atoms with van der Waals surface area (Å²) in [7, 11) is 0. The minimum atomic E-state index is -0.170. The summed E-state index contributed by atoms with van der Waals surface area (Å²) in [6.07, 6.45) is 7.91. The largest absolute Gasteiger partial charge is 0.494 e. The highest BCUT2D eigenvalue weighted by Crippen LogP contribution is 2.17. The van der Waals surface area contributed by atoms with Crippen LogP contribution >= 0.6 is 0 Å². The van der Waals surface area contributed by atoms with Gasteiger partial charge in [-0.1, -0.05) is 52.5 Å². The van der Waals surface area contributed by atoms with E-state index in [0.717, 1.165) is 50.4 Å². The highest BCUT2D eigenvalue weighted by molar-refractivity contribution is 5.98. The van der Waals surface area contributed by atoms with Crippen LogP contribution in [0, 0.1) is 0 Å². The fourth-order valence-corrected chi connectivity index (χ4v) is 3.72. The van der Waals surface area contributed by atoms with E-state index in [1.807, 2.05) is 29.2 Å². The van der Waals surface area contributed by atoms with Crippen LogP contribution in [0.15, 0.2) is 48.5 Å². The molecule has 0 unspecified atom stereocenters. The van der Waals surface area contributed by atoms with E-state index < -0.39 is 0 Å². The Bertz CT molecular complexity index is 861. The van der Waals surface area contributed by atoms with Crippen molar-refractivity contribution < 1.29 is 14.3 Å². The number of anilines is 2. The molecule has 0 aliphatic carbocycles. The lowest BCUT2D eigenvalue weighted by molar-refractivity contribution is -0.114. The lowest BCUT2D eigenvalue weighted by Gasteiger charge is -2.21. The lowest BCUT2D eigenvalue weighted by atomic mass is 10.1. The number of carbonyl (C=O) groups is 2. The predicted octanol–water partition coefficient (Wildman–Crippen LogP) is 6.35. The highest BCUT2D eigenvalue weighted by Gasteiger charge is 2.15. The Balaban J connectivity index is 1.79. The Hall–Kier alpha value is -3.02. The number of ether oxygens (including phenoxy) is 1. The molecule has 0 aromatic heterocycles. The van der Waals surface area contributed by atoms with Gasteiger partial charge >= 0.3 is 0 Å². The molecule has 0 atom stereocenters. The van der Waals surface area contributed by atoms with Gasteiger partial charge in [-0.25, -0.2) is 0 Å². The van der Waals surface area contributed by atoms with Gasteiger partial charge in [0.25, 0.3) is 5.91 Å². The van der Waals surface area contributed by atoms with E-state index in [1.54, 1.807) is 24.3 Å². The molecular formula is C28H41N3O3. The molecule has 0 heterocycles. The van der Waals surface area contributed by atoms with E-state index in [2.05, 4.69) is 31.4 Å². The number of unbranched alkanes of at least 4 members (excludes halogenated alkanes) is 4. The van der Waals surface area contributed by atoms with E-state index in [-0.39, 0.29) is 18.4 Å². The average molecular weight is 468 g/mol. The zero-order valence-corrected chi connectivity index (χ0v) is 21.1. The van der Waals surface area contributed by atoms with Crippen molar-refractivity contribution in [2.24, 2.45) is 0 Å². The van der Waals surface area contributed by atoms with Gasteiger partial charge in [0.1, 0.15) is 5.75 Å². The predicted molar refractivity (Wildman–Crippen MR) is 141 cm³/mol. The first-order valence-corrected chi connectivity index (χ1v) is 12.7. The second-order valence-corrected chi connectivity index (χ2v) is 8.56. The van der Waals surface area contributed by atoms with Gasteiger partial charge in [-0.05, 0) is 61.7 Å². The van der Waals surface area contributed by atoms with E-state index in [4.69, 9.17) is 4.74 Å². The van der Waals surface area contributed by atoms with Crippen LogP contribution in [0.4, 0.5) is 11.4 Å². The van der Waals surface area contributed by atoms with Crippen LogP contribution in [-0.2, 0) is 4.79 Å². The molecule has 6 nitrogen and oxygen atoms in total. The topological polar surface area (TPSA) is 70.7 Å². The molecule has 0 spiro atoms. The monoisotopic (exact) mass is 467 g/mol. The maximum Gasteiger partial charge on any atom is 0.253 e. The van der Waals surface area contributed by atoms with Crippen molar-refractivity contribution in [1.82, 2.24) is 4.90 Å². The maximum absolute atomic E-state index is 12.8. The van der Waals surface area contributed by atoms with Crippen LogP contribution in [0.2, 0.25) is 0 Å². The van der Waals surface area contributed by atoms with Gasteiger partial charge in [-0.2, -0.15) is 0 Å². The Labute approximate surface area is 205 Å². The number of amides is 2. The summed E-state index contributed by atoms with van der Waals surface area (Å²) in [6, 6.07) is 14.8. The molecular weight excluding hydrogens is 426 g/mol. The first kappa shape index (κ1) is 27.2. The average Bonchev–Trinajstić information content (AvgIpc) is 2.85. The molecule has 0 aliphatic rings. The highest BCUT2D eigenvalue weighted by atomic mass is 16.5. The molecule has 2 aromatic carbocycles. The number of benzene rings is 2. The normalized spacial score (nSPS) is 10.6. The van der Waals surface area contributed by atoms with Crippen molar-refractivity contribution in [1.29, 1.82) is 0 Å². The van der Waals surface area contributed by atoms with Crippen molar-refractivity contribution in [2.45, 2.75) is 65.7 Å². The quantitative estimate of drug-likeness (QED) is 0.282. The number of hydrogen-bond acceptors (Lipinski definition) is 4. The third-order valence-electron chi connectivity index (χ3n) is 5.49. The molecule has 6 heteroatoms. The summed E-state index contributed by atoms with van der Waals surface area (Å²) < 4.78 is 5.79. The first-order chi connectivity index (χ1) is 16.6. The van der Waals surface area contributed by atoms with Gasteiger partial charge in [-0.3, -0.25) is 9.59 Å². The number of carbonyl (C=O) groups excluding carboxylic acids is 2. The summed E-state index contributed by atoms with van der Waals surface area (Å²) in [5, 5.41) is 6.00. The van der Waals surface area contributed by atoms with E-state index in [9.17, 15) is 9.59 Å². The molecule has 186 valence electrons. The van der Waals surface area contributed by atoms with Crippen LogP contribution in [0.5, 0.6) is 5.75 Å². The summed E-state index contributed by atoms with van der Waals surface area (Å²) in [6.45, 7) is 8.67. The summed E-state index contributed by atoms with van der Waals surface area (Å²) >= 11 is 0. The lowest BCUT2D eigenvalue weighted by Crippen LogP contribution is -2.32. The van der Waals surface area contributed by atoms with E-state index in [0.29, 0.717) is 11.3 Å². The second-order valence-electron chi connectivity index (χ2n) is 8.56. The van der Waals surface area contributed by atoms with Gasteiger partial charge in [0.2, 0.25) is 5.91 Å². The summed E-state index contributed by atoms with van der Waals surface area (Å²) in [4.78, 5) is 27.1. The van der Waals surface area contributed by atoms with Gasteiger partial charge in [0.15, 0.2) is 0 Å². The van der Waals surface area contributed by atoms with Crippen molar-refractivity contribution in [3.63, 3.8) is 0 Å². The Morgan fingerprint density at radius 3 is 2.21 bits per heavy atom. The van der Waals surface area contributed by atoms with Crippen molar-refractivity contribution in [2.75, 3.05) is 36.9 Å². The van der Waals surface area contributed by atoms with Gasteiger partial charge in [-0.15, -0.1) is 0 Å². The minimum Gasteiger partial charge on any atom is -0.494 e. The van der Waals surface area contributed by atoms with Gasteiger partial charge in [0, 0.05) is 30.0 Å². The number of nitrogens with zero attached hydrogens (tertiary/aromatic N) is 1. The van der Waals surface area contributed by atoms with E-state index in [1.165, 1.54) is 25.7 Å². The molecule has 0 saturated carbocycles. The zero-order valence-electron chi connectivity index (χ0n) is 21.1. The molecule has 2 aromatic rings. The molecule has 0 saturated heterocycles. The van der Waals surface area contributed by atoms with Crippen LogP contribution in [0.3, 0.4) is 0 Å². The smallest absolute Gasteiger partial charge is 0.253 e.